The first-order valence-corrected chi connectivity index (χ1v) is 9.23. The van der Waals surface area contributed by atoms with Gasteiger partial charge < -0.3 is 14.3 Å². The highest BCUT2D eigenvalue weighted by Gasteiger charge is 2.34. The fourth-order valence-electron chi connectivity index (χ4n) is 3.00. The zero-order valence-electron chi connectivity index (χ0n) is 15.3. The summed E-state index contributed by atoms with van der Waals surface area (Å²) in [5, 5.41) is 13.5. The number of aromatic carboxylic acids is 1. The number of benzene rings is 2. The molecule has 0 unspecified atom stereocenters. The van der Waals surface area contributed by atoms with E-state index in [1.165, 1.54) is 23.1 Å². The number of carboxylic acids is 1. The molecular weight excluding hydrogens is 404 g/mol. The quantitative estimate of drug-likeness (QED) is 0.396. The number of rotatable bonds is 4. The van der Waals surface area contributed by atoms with Crippen LogP contribution in [0.15, 0.2) is 76.7 Å². The number of amides is 2. The van der Waals surface area contributed by atoms with E-state index in [1.807, 2.05) is 0 Å². The van der Waals surface area contributed by atoms with Crippen molar-refractivity contribution in [3.8, 4) is 11.3 Å². The number of hydrogen-bond acceptors (Lipinski definition) is 6. The second kappa shape index (κ2) is 7.76. The van der Waals surface area contributed by atoms with E-state index in [0.717, 1.165) is 0 Å². The Morgan fingerprint density at radius 1 is 1.03 bits per heavy atom. The number of carbonyl (C=O) groups excluding carboxylic acids is 3. The third-order valence-electron chi connectivity index (χ3n) is 4.41. The first kappa shape index (κ1) is 19.3. The zero-order chi connectivity index (χ0) is 21.3. The van der Waals surface area contributed by atoms with Gasteiger partial charge in [-0.1, -0.05) is 36.4 Å². The van der Waals surface area contributed by atoms with Gasteiger partial charge in [0.1, 0.15) is 17.1 Å². The molecule has 8 heteroatoms. The monoisotopic (exact) mass is 417 g/mol. The number of hydrogen-bond donors (Lipinski definition) is 1. The number of nitrogens with one attached hydrogen (secondary N) is 1. The van der Waals surface area contributed by atoms with Gasteiger partial charge in [-0.05, 0) is 54.2 Å². The molecule has 1 N–H and O–H groups in total. The number of para-hydroxylation sites is 1. The van der Waals surface area contributed by atoms with Gasteiger partial charge in [0.2, 0.25) is 0 Å². The number of furan rings is 1. The Balaban J connectivity index is 1.67. The van der Waals surface area contributed by atoms with Crippen molar-refractivity contribution in [1.29, 1.82) is 0 Å². The Morgan fingerprint density at radius 2 is 1.80 bits per heavy atom. The SMILES string of the molecule is O=C1NC(=S)N(c2ccccc2)C(=O)/C1=C/c1ccc(-c2cccc(C(=O)[O-])c2)o1. The molecule has 0 radical (unpaired) electrons. The molecule has 2 heterocycles. The van der Waals surface area contributed by atoms with Gasteiger partial charge in [0, 0.05) is 5.56 Å². The van der Waals surface area contributed by atoms with Crippen LogP contribution in [-0.2, 0) is 9.59 Å². The second-order valence-corrected chi connectivity index (χ2v) is 6.75. The molecule has 0 atom stereocenters. The zero-order valence-corrected chi connectivity index (χ0v) is 16.1. The lowest BCUT2D eigenvalue weighted by atomic mass is 10.1. The van der Waals surface area contributed by atoms with Crippen LogP contribution in [0.5, 0.6) is 0 Å². The van der Waals surface area contributed by atoms with Crippen LogP contribution < -0.4 is 15.3 Å². The number of carboxylic acid groups (broad SMARTS) is 1. The maximum absolute atomic E-state index is 12.9. The minimum atomic E-state index is -1.30. The van der Waals surface area contributed by atoms with Gasteiger partial charge in [-0.3, -0.25) is 19.8 Å². The summed E-state index contributed by atoms with van der Waals surface area (Å²) in [5.74, 6) is -1.87. The van der Waals surface area contributed by atoms with Crippen molar-refractivity contribution >= 4 is 46.9 Å². The summed E-state index contributed by atoms with van der Waals surface area (Å²) in [6, 6.07) is 18.0. The second-order valence-electron chi connectivity index (χ2n) is 6.36. The van der Waals surface area contributed by atoms with Crippen LogP contribution in [0.1, 0.15) is 16.1 Å². The maximum Gasteiger partial charge on any atom is 0.270 e. The topological polar surface area (TPSA) is 103 Å². The van der Waals surface area contributed by atoms with Crippen LogP contribution in [-0.4, -0.2) is 22.9 Å². The van der Waals surface area contributed by atoms with Crippen LogP contribution in [0, 0.1) is 0 Å². The van der Waals surface area contributed by atoms with E-state index < -0.39 is 17.8 Å². The molecule has 1 saturated heterocycles. The lowest BCUT2D eigenvalue weighted by Gasteiger charge is -2.28. The van der Waals surface area contributed by atoms with E-state index in [4.69, 9.17) is 16.6 Å². The minimum absolute atomic E-state index is 0.00687. The molecule has 0 aliphatic carbocycles. The Hall–Kier alpha value is -4.04. The van der Waals surface area contributed by atoms with E-state index in [-0.39, 0.29) is 22.0 Å². The summed E-state index contributed by atoms with van der Waals surface area (Å²) in [6.45, 7) is 0. The Morgan fingerprint density at radius 3 is 2.53 bits per heavy atom. The largest absolute Gasteiger partial charge is 0.545 e. The van der Waals surface area contributed by atoms with Gasteiger partial charge in [0.25, 0.3) is 11.8 Å². The van der Waals surface area contributed by atoms with E-state index in [1.54, 1.807) is 54.6 Å². The van der Waals surface area contributed by atoms with Crippen molar-refractivity contribution in [2.75, 3.05) is 4.90 Å². The molecule has 2 aromatic carbocycles. The molecule has 148 valence electrons. The summed E-state index contributed by atoms with van der Waals surface area (Å²) >= 11 is 5.15. The van der Waals surface area contributed by atoms with Gasteiger partial charge in [0.15, 0.2) is 5.11 Å². The minimum Gasteiger partial charge on any atom is -0.545 e. The van der Waals surface area contributed by atoms with Gasteiger partial charge in [-0.2, -0.15) is 0 Å². The average molecular weight is 417 g/mol. The predicted molar refractivity (Wildman–Crippen MR) is 111 cm³/mol. The third-order valence-corrected chi connectivity index (χ3v) is 4.70. The summed E-state index contributed by atoms with van der Waals surface area (Å²) in [6.07, 6.45) is 1.32. The third kappa shape index (κ3) is 3.63. The standard InChI is InChI=1S/C22H14N2O5S/c25-19-17(20(26)24(22(30)23-19)15-7-2-1-3-8-15)12-16-9-10-18(29-16)13-5-4-6-14(11-13)21(27)28/h1-12H,(H,27,28)(H,23,25,30)/p-1/b17-12+. The van der Waals surface area contributed by atoms with Crippen LogP contribution in [0.2, 0.25) is 0 Å². The van der Waals surface area contributed by atoms with Crippen LogP contribution in [0.3, 0.4) is 0 Å². The van der Waals surface area contributed by atoms with Crippen molar-refractivity contribution in [3.05, 3.63) is 83.6 Å². The number of nitrogens with zero attached hydrogens (tertiary/aromatic N) is 1. The Labute approximate surface area is 176 Å². The van der Waals surface area contributed by atoms with Crippen molar-refractivity contribution in [3.63, 3.8) is 0 Å². The molecule has 0 saturated carbocycles. The summed E-state index contributed by atoms with van der Waals surface area (Å²) in [4.78, 5) is 37.6. The van der Waals surface area contributed by atoms with E-state index in [2.05, 4.69) is 5.32 Å². The lowest BCUT2D eigenvalue weighted by molar-refractivity contribution is -0.255. The van der Waals surface area contributed by atoms with Crippen LogP contribution in [0.25, 0.3) is 17.4 Å². The molecule has 1 aromatic heterocycles. The first-order chi connectivity index (χ1) is 14.4. The van der Waals surface area contributed by atoms with Gasteiger partial charge >= 0.3 is 0 Å². The van der Waals surface area contributed by atoms with Crippen molar-refractivity contribution in [2.45, 2.75) is 0 Å². The van der Waals surface area contributed by atoms with Crippen molar-refractivity contribution < 1.29 is 23.9 Å². The number of anilines is 1. The number of thiocarbonyl (C=S) groups is 1. The van der Waals surface area contributed by atoms with Crippen molar-refractivity contribution in [2.24, 2.45) is 0 Å². The lowest BCUT2D eigenvalue weighted by Crippen LogP contribution is -2.54. The van der Waals surface area contributed by atoms with E-state index >= 15 is 0 Å². The summed E-state index contributed by atoms with van der Waals surface area (Å²) < 4.78 is 5.70. The fraction of sp³-hybridized carbons (Fsp3) is 0. The fourth-order valence-corrected chi connectivity index (χ4v) is 3.28. The van der Waals surface area contributed by atoms with E-state index in [0.29, 0.717) is 17.0 Å². The predicted octanol–water partition coefficient (Wildman–Crippen LogP) is 2.14. The smallest absolute Gasteiger partial charge is 0.270 e. The highest BCUT2D eigenvalue weighted by Crippen LogP contribution is 2.26. The van der Waals surface area contributed by atoms with Crippen LogP contribution >= 0.6 is 12.2 Å². The molecule has 30 heavy (non-hydrogen) atoms. The highest BCUT2D eigenvalue weighted by atomic mass is 32.1. The number of carbonyl (C=O) groups is 3. The molecule has 0 spiro atoms. The first-order valence-electron chi connectivity index (χ1n) is 8.82. The maximum atomic E-state index is 12.9. The van der Waals surface area contributed by atoms with Gasteiger partial charge in [-0.25, -0.2) is 0 Å². The van der Waals surface area contributed by atoms with Gasteiger partial charge in [-0.15, -0.1) is 0 Å². The molecular formula is C22H13N2O5S-. The molecule has 3 aromatic rings. The van der Waals surface area contributed by atoms with E-state index in [9.17, 15) is 19.5 Å². The van der Waals surface area contributed by atoms with Gasteiger partial charge in [0.05, 0.1) is 11.7 Å². The summed E-state index contributed by atoms with van der Waals surface area (Å²) in [5.41, 5.74) is 0.917. The molecule has 2 amide bonds. The van der Waals surface area contributed by atoms with Crippen molar-refractivity contribution in [1.82, 2.24) is 5.32 Å². The summed E-state index contributed by atoms with van der Waals surface area (Å²) in [7, 11) is 0. The molecule has 7 nitrogen and oxygen atoms in total. The molecule has 1 fully saturated rings. The molecule has 1 aliphatic heterocycles. The van der Waals surface area contributed by atoms with Crippen LogP contribution in [0.4, 0.5) is 5.69 Å². The normalized spacial score (nSPS) is 15.4. The Bertz CT molecular complexity index is 1210. The molecule has 4 rings (SSSR count). The molecule has 1 aliphatic rings. The average Bonchev–Trinajstić information content (AvgIpc) is 3.21. The highest BCUT2D eigenvalue weighted by molar-refractivity contribution is 7.80. The molecule has 0 bridgehead atoms. The Kier molecular flexibility index (Phi) is 4.99.